The number of hydrogen-bond donors (Lipinski definition) is 2. The summed E-state index contributed by atoms with van der Waals surface area (Å²) in [5, 5.41) is 14.3. The molecule has 0 bridgehead atoms. The van der Waals surface area contributed by atoms with Crippen LogP contribution in [0.2, 0.25) is 5.04 Å². The highest BCUT2D eigenvalue weighted by atomic mass is 28.3. The van der Waals surface area contributed by atoms with Crippen molar-refractivity contribution in [3.8, 4) is 23.3 Å². The van der Waals surface area contributed by atoms with Crippen LogP contribution in [0.3, 0.4) is 0 Å². The van der Waals surface area contributed by atoms with Gasteiger partial charge in [0.2, 0.25) is 14.0 Å². The lowest BCUT2D eigenvalue weighted by Gasteiger charge is -2.39. The fraction of sp³-hybridized carbons (Fsp3) is 0.688. The SMILES string of the molecule is CC(=O)N(CCCCCCCCCC#CC#C[Si](c1ccccc1)(c1ccccc1)C(C)(C)C)CCN1CCN(C(=O)OC(C)(C)C)CC1.CC(C)(C)OC(=O)N1CCNCC1.CC1=NCCO1.CCCCCCCCCO. The van der Waals surface area contributed by atoms with E-state index >= 15 is 0 Å². The molecule has 0 atom stereocenters. The third-order valence-corrected chi connectivity index (χ3v) is 18.7. The van der Waals surface area contributed by atoms with Crippen molar-refractivity contribution in [2.45, 2.75) is 196 Å². The predicted molar refractivity (Wildman–Crippen MR) is 326 cm³/mol. The van der Waals surface area contributed by atoms with Crippen molar-refractivity contribution >= 4 is 42.4 Å². The molecule has 438 valence electrons. The number of benzene rings is 2. The number of unbranched alkanes of at least 4 members (excludes halogenated alkanes) is 13. The van der Waals surface area contributed by atoms with Gasteiger partial charge in [0.1, 0.15) is 17.8 Å². The van der Waals surface area contributed by atoms with E-state index in [1.54, 1.807) is 16.7 Å². The number of hydrogen-bond acceptors (Lipinski definition) is 10. The lowest BCUT2D eigenvalue weighted by molar-refractivity contribution is -0.129. The third kappa shape index (κ3) is 29.9. The maximum atomic E-state index is 12.3. The molecule has 3 aliphatic heterocycles. The van der Waals surface area contributed by atoms with Crippen LogP contribution in [0, 0.1) is 23.3 Å². The average molecular weight is 1100 g/mol. The number of nitrogens with one attached hydrogen (secondary N) is 1. The smallest absolute Gasteiger partial charge is 0.410 e. The van der Waals surface area contributed by atoms with Crippen molar-refractivity contribution in [1.82, 2.24) is 24.9 Å². The number of carbonyl (C=O) groups is 3. The molecule has 0 saturated carbocycles. The summed E-state index contributed by atoms with van der Waals surface area (Å²) in [6.07, 6.45) is 17.5. The number of aliphatic hydroxyl groups is 1. The Kier molecular flexibility index (Phi) is 34.3. The van der Waals surface area contributed by atoms with E-state index < -0.39 is 13.7 Å². The average Bonchev–Trinajstić information content (AvgIpc) is 3.90. The molecule has 3 heterocycles. The van der Waals surface area contributed by atoms with Gasteiger partial charge in [-0.25, -0.2) is 9.59 Å². The molecule has 3 amide bonds. The van der Waals surface area contributed by atoms with Crippen LogP contribution < -0.4 is 15.7 Å². The second kappa shape index (κ2) is 38.7. The minimum absolute atomic E-state index is 0.0105. The quantitative estimate of drug-likeness (QED) is 0.0711. The topological polar surface area (TPSA) is 136 Å². The molecule has 0 radical (unpaired) electrons. The van der Waals surface area contributed by atoms with Gasteiger partial charge in [-0.05, 0) is 88.1 Å². The summed E-state index contributed by atoms with van der Waals surface area (Å²) in [5.41, 5.74) is 2.90. The first kappa shape index (κ1) is 69.2. The molecule has 2 saturated heterocycles. The minimum atomic E-state index is -2.39. The summed E-state index contributed by atoms with van der Waals surface area (Å²) >= 11 is 0. The highest BCUT2D eigenvalue weighted by molar-refractivity contribution is 7.10. The predicted octanol–water partition coefficient (Wildman–Crippen LogP) is 11.1. The van der Waals surface area contributed by atoms with Gasteiger partial charge in [-0.2, -0.15) is 0 Å². The fourth-order valence-corrected chi connectivity index (χ4v) is 13.6. The first-order valence-corrected chi connectivity index (χ1v) is 31.6. The molecule has 0 aliphatic carbocycles. The Hall–Kier alpha value is -4.86. The minimum Gasteiger partial charge on any atom is -0.479 e. The highest BCUT2D eigenvalue weighted by Gasteiger charge is 2.47. The monoisotopic (exact) mass is 1100 g/mol. The molecular weight excluding hydrogens is 993 g/mol. The van der Waals surface area contributed by atoms with Gasteiger partial charge in [0.25, 0.3) is 0 Å². The number of aliphatic hydroxyl groups excluding tert-OH is 1. The number of ether oxygens (including phenoxy) is 3. The Balaban J connectivity index is 0.000000573. The lowest BCUT2D eigenvalue weighted by Crippen LogP contribution is -2.63. The maximum absolute atomic E-state index is 12.3. The first-order valence-electron chi connectivity index (χ1n) is 29.6. The van der Waals surface area contributed by atoms with Crippen molar-refractivity contribution in [3.63, 3.8) is 0 Å². The third-order valence-electron chi connectivity index (χ3n) is 13.6. The molecule has 2 N–H and O–H groups in total. The van der Waals surface area contributed by atoms with E-state index in [2.05, 4.69) is 127 Å². The van der Waals surface area contributed by atoms with Gasteiger partial charge in [0, 0.05) is 98.9 Å². The van der Waals surface area contributed by atoms with E-state index in [4.69, 9.17) is 19.3 Å². The summed E-state index contributed by atoms with van der Waals surface area (Å²) in [6.45, 7) is 34.6. The van der Waals surface area contributed by atoms with Crippen LogP contribution in [0.15, 0.2) is 65.7 Å². The van der Waals surface area contributed by atoms with E-state index in [0.717, 1.165) is 110 Å². The molecule has 3 aliphatic rings. The second-order valence-corrected chi connectivity index (χ2v) is 28.0. The Morgan fingerprint density at radius 2 is 1.15 bits per heavy atom. The largest absolute Gasteiger partial charge is 0.479 e. The standard InChI is InChI=1S/C42H61N3O3Si.C9H18N2O2.C9H20O.C4H7NO/c1-37(46)44(33-30-43-31-34-45(35-32-43)40(47)48-41(2,3)4)29-23-15-13-11-9-8-10-12-14-16-24-36-49(42(5,6)7,38-25-19-17-20-26-38)39-27-21-18-22-28-39;1-9(2,3)13-8(12)11-6-4-10-5-7-11;1-2-3-4-5-6-7-8-9-10;1-4-5-2-3-6-4/h17-22,25-28H,8-13,15,23,29-35H2,1-7H3;10H,4-7H2,1-3H3;10H,2-9H2,1H3;2-3H2,1H3. The van der Waals surface area contributed by atoms with Crippen LogP contribution in [0.25, 0.3) is 0 Å². The van der Waals surface area contributed by atoms with E-state index in [-0.39, 0.29) is 28.7 Å². The van der Waals surface area contributed by atoms with E-state index in [9.17, 15) is 14.4 Å². The molecular formula is C64H106N6O7Si. The van der Waals surface area contributed by atoms with Gasteiger partial charge in [0.05, 0.1) is 6.54 Å². The van der Waals surface area contributed by atoms with E-state index in [1.165, 1.54) is 74.6 Å². The van der Waals surface area contributed by atoms with Crippen LogP contribution in [0.5, 0.6) is 0 Å². The van der Waals surface area contributed by atoms with Gasteiger partial charge < -0.3 is 39.3 Å². The molecule has 2 aromatic rings. The molecule has 5 rings (SSSR count). The molecule has 78 heavy (non-hydrogen) atoms. The maximum Gasteiger partial charge on any atom is 0.410 e. The van der Waals surface area contributed by atoms with Crippen molar-refractivity contribution < 1.29 is 33.7 Å². The number of amides is 3. The second-order valence-electron chi connectivity index (χ2n) is 23.6. The first-order chi connectivity index (χ1) is 37.1. The summed E-state index contributed by atoms with van der Waals surface area (Å²) < 4.78 is 15.6. The Morgan fingerprint density at radius 1 is 0.667 bits per heavy atom. The summed E-state index contributed by atoms with van der Waals surface area (Å²) in [6, 6.07) is 21.6. The molecule has 0 aromatic heterocycles. The zero-order valence-electron chi connectivity index (χ0n) is 50.9. The van der Waals surface area contributed by atoms with Crippen molar-refractivity contribution in [2.75, 3.05) is 91.8 Å². The van der Waals surface area contributed by atoms with Gasteiger partial charge >= 0.3 is 12.2 Å². The van der Waals surface area contributed by atoms with E-state index in [0.29, 0.717) is 19.7 Å². The van der Waals surface area contributed by atoms with Crippen LogP contribution in [-0.4, -0.2) is 160 Å². The Bertz CT molecular complexity index is 2050. The zero-order valence-corrected chi connectivity index (χ0v) is 51.9. The number of aliphatic imine (C=N–C) groups is 1. The van der Waals surface area contributed by atoms with E-state index in [1.807, 2.05) is 53.4 Å². The van der Waals surface area contributed by atoms with Crippen molar-refractivity contribution in [3.05, 3.63) is 60.7 Å². The Morgan fingerprint density at radius 3 is 1.59 bits per heavy atom. The van der Waals surface area contributed by atoms with Gasteiger partial charge in [0.15, 0.2) is 5.90 Å². The lowest BCUT2D eigenvalue weighted by atomic mass is 10.1. The number of carbonyl (C=O) groups excluding carboxylic acids is 3. The molecule has 2 fully saturated rings. The van der Waals surface area contributed by atoms with Crippen molar-refractivity contribution in [1.29, 1.82) is 0 Å². The summed E-state index contributed by atoms with van der Waals surface area (Å²) in [5.74, 6) is 10.8. The van der Waals surface area contributed by atoms with Crippen LogP contribution in [0.1, 0.15) is 179 Å². The van der Waals surface area contributed by atoms with Crippen LogP contribution in [-0.2, 0) is 19.0 Å². The molecule has 2 aromatic carbocycles. The van der Waals surface area contributed by atoms with Gasteiger partial charge in [-0.3, -0.25) is 14.7 Å². The Labute approximate surface area is 475 Å². The van der Waals surface area contributed by atoms with Crippen molar-refractivity contribution in [2.24, 2.45) is 4.99 Å². The number of piperazine rings is 2. The van der Waals surface area contributed by atoms with Crippen LogP contribution in [0.4, 0.5) is 9.59 Å². The summed E-state index contributed by atoms with van der Waals surface area (Å²) in [4.78, 5) is 47.8. The normalized spacial score (nSPS) is 14.7. The number of nitrogens with zero attached hydrogens (tertiary/aromatic N) is 5. The fourth-order valence-electron chi connectivity index (χ4n) is 9.23. The molecule has 13 nitrogen and oxygen atoms in total. The summed E-state index contributed by atoms with van der Waals surface area (Å²) in [7, 11) is -2.39. The zero-order chi connectivity index (χ0) is 57.7. The van der Waals surface area contributed by atoms with Gasteiger partial charge in [-0.15, -0.1) is 5.54 Å². The van der Waals surface area contributed by atoms with Gasteiger partial charge in [-0.1, -0.05) is 165 Å². The molecule has 14 heteroatoms. The molecule has 0 spiro atoms. The van der Waals surface area contributed by atoms with Crippen LogP contribution >= 0.6 is 0 Å². The molecule has 0 unspecified atom stereocenters. The number of rotatable bonds is 21. The highest BCUT2D eigenvalue weighted by Crippen LogP contribution is 2.35.